The lowest BCUT2D eigenvalue weighted by Crippen LogP contribution is -2.33. The number of rotatable bonds is 2. The van der Waals surface area contributed by atoms with Gasteiger partial charge in [0.1, 0.15) is 12.7 Å². The highest BCUT2D eigenvalue weighted by Crippen LogP contribution is 2.35. The molecule has 2 saturated heterocycles. The molecular weight excluding hydrogens is 216 g/mol. The molecule has 2 aliphatic rings. The van der Waals surface area contributed by atoms with E-state index in [9.17, 15) is 9.59 Å². The molecular formula is C10H14O6. The number of hydrogen-bond donors (Lipinski definition) is 0. The van der Waals surface area contributed by atoms with Crippen LogP contribution in [0.15, 0.2) is 0 Å². The molecule has 0 spiro atoms. The van der Waals surface area contributed by atoms with E-state index >= 15 is 0 Å². The summed E-state index contributed by atoms with van der Waals surface area (Å²) in [5.74, 6) is -1.69. The minimum atomic E-state index is -0.802. The zero-order valence-electron chi connectivity index (χ0n) is 9.39. The maximum atomic E-state index is 11.4. The summed E-state index contributed by atoms with van der Waals surface area (Å²) in [6.45, 7) is 4.74. The van der Waals surface area contributed by atoms with Gasteiger partial charge >= 0.3 is 11.9 Å². The first-order valence-electron chi connectivity index (χ1n) is 5.08. The molecule has 0 aromatic rings. The number of carbonyl (C=O) groups is 2. The Morgan fingerprint density at radius 3 is 2.75 bits per heavy atom. The van der Waals surface area contributed by atoms with Crippen molar-refractivity contribution >= 4 is 11.9 Å². The van der Waals surface area contributed by atoms with E-state index in [4.69, 9.17) is 18.9 Å². The standard InChI is InChI=1S/C10H14O6/c1-5(11)13-4-6-7-8(9(12)14-6)16-10(2,3)15-7/h6-8H,4H2,1-3H3/t6-,7-,8-/m1/s1. The lowest BCUT2D eigenvalue weighted by Gasteiger charge is -2.21. The van der Waals surface area contributed by atoms with Gasteiger partial charge in [-0.05, 0) is 13.8 Å². The molecule has 90 valence electrons. The van der Waals surface area contributed by atoms with E-state index in [1.165, 1.54) is 6.92 Å². The topological polar surface area (TPSA) is 71.1 Å². The molecule has 0 aromatic carbocycles. The van der Waals surface area contributed by atoms with Gasteiger partial charge < -0.3 is 18.9 Å². The van der Waals surface area contributed by atoms with E-state index in [0.717, 1.165) is 0 Å². The predicted octanol–water partition coefficient (Wildman–Crippen LogP) is -0.00500. The smallest absolute Gasteiger partial charge is 0.338 e. The summed E-state index contributed by atoms with van der Waals surface area (Å²) in [5.41, 5.74) is 0. The first-order chi connectivity index (χ1) is 7.39. The molecule has 2 rings (SSSR count). The van der Waals surface area contributed by atoms with Crippen molar-refractivity contribution in [1.82, 2.24) is 0 Å². The molecule has 0 N–H and O–H groups in total. The molecule has 3 atom stereocenters. The molecule has 6 heteroatoms. The van der Waals surface area contributed by atoms with E-state index < -0.39 is 36.0 Å². The fraction of sp³-hybridized carbons (Fsp3) is 0.800. The Labute approximate surface area is 92.8 Å². The van der Waals surface area contributed by atoms with E-state index in [1.54, 1.807) is 13.8 Å². The van der Waals surface area contributed by atoms with Crippen LogP contribution in [0.3, 0.4) is 0 Å². The van der Waals surface area contributed by atoms with Crippen molar-refractivity contribution in [3.05, 3.63) is 0 Å². The third-order valence-electron chi connectivity index (χ3n) is 2.45. The first-order valence-corrected chi connectivity index (χ1v) is 5.08. The van der Waals surface area contributed by atoms with Gasteiger partial charge in [0.2, 0.25) is 0 Å². The van der Waals surface area contributed by atoms with Gasteiger partial charge in [-0.1, -0.05) is 0 Å². The van der Waals surface area contributed by atoms with Crippen LogP contribution in [0, 0.1) is 0 Å². The van der Waals surface area contributed by atoms with Crippen LogP contribution < -0.4 is 0 Å². The number of ether oxygens (including phenoxy) is 4. The molecule has 6 nitrogen and oxygen atoms in total. The Kier molecular flexibility index (Phi) is 2.63. The third kappa shape index (κ3) is 2.03. The lowest BCUT2D eigenvalue weighted by molar-refractivity contribution is -0.190. The summed E-state index contributed by atoms with van der Waals surface area (Å²) >= 11 is 0. The van der Waals surface area contributed by atoms with Crippen LogP contribution >= 0.6 is 0 Å². The highest BCUT2D eigenvalue weighted by Gasteiger charge is 2.56. The van der Waals surface area contributed by atoms with E-state index in [0.29, 0.717) is 0 Å². The summed E-state index contributed by atoms with van der Waals surface area (Å²) in [6, 6.07) is 0. The van der Waals surface area contributed by atoms with Crippen molar-refractivity contribution in [3.63, 3.8) is 0 Å². The van der Waals surface area contributed by atoms with Gasteiger partial charge in [-0.15, -0.1) is 0 Å². The van der Waals surface area contributed by atoms with E-state index in [-0.39, 0.29) is 6.61 Å². The first kappa shape index (κ1) is 11.3. The maximum Gasteiger partial charge on any atom is 0.338 e. The number of cyclic esters (lactones) is 1. The number of carbonyl (C=O) groups excluding carboxylic acids is 2. The predicted molar refractivity (Wildman–Crippen MR) is 50.3 cm³/mol. The van der Waals surface area contributed by atoms with Crippen molar-refractivity contribution in [2.75, 3.05) is 6.61 Å². The monoisotopic (exact) mass is 230 g/mol. The molecule has 16 heavy (non-hydrogen) atoms. The molecule has 2 heterocycles. The van der Waals surface area contributed by atoms with Crippen LogP contribution in [0.25, 0.3) is 0 Å². The molecule has 0 radical (unpaired) electrons. The van der Waals surface area contributed by atoms with Crippen molar-refractivity contribution in [3.8, 4) is 0 Å². The van der Waals surface area contributed by atoms with Crippen LogP contribution in [0.4, 0.5) is 0 Å². The highest BCUT2D eigenvalue weighted by atomic mass is 16.8. The highest BCUT2D eigenvalue weighted by molar-refractivity contribution is 5.78. The van der Waals surface area contributed by atoms with Crippen LogP contribution in [0.2, 0.25) is 0 Å². The summed E-state index contributed by atoms with van der Waals surface area (Å²) in [4.78, 5) is 22.1. The second kappa shape index (κ2) is 3.71. The molecule has 0 amide bonds. The van der Waals surface area contributed by atoms with Crippen molar-refractivity contribution in [1.29, 1.82) is 0 Å². The average Bonchev–Trinajstić information content (AvgIpc) is 2.59. The third-order valence-corrected chi connectivity index (χ3v) is 2.45. The van der Waals surface area contributed by atoms with Gasteiger partial charge in [0.05, 0.1) is 0 Å². The zero-order valence-corrected chi connectivity index (χ0v) is 9.39. The second-order valence-electron chi connectivity index (χ2n) is 4.30. The Hall–Kier alpha value is -1.14. The maximum absolute atomic E-state index is 11.4. The van der Waals surface area contributed by atoms with Gasteiger partial charge in [-0.2, -0.15) is 0 Å². The van der Waals surface area contributed by atoms with Crippen LogP contribution in [0.5, 0.6) is 0 Å². The second-order valence-corrected chi connectivity index (χ2v) is 4.30. The molecule has 2 aliphatic heterocycles. The van der Waals surface area contributed by atoms with E-state index in [1.807, 2.05) is 0 Å². The summed E-state index contributed by atoms with van der Waals surface area (Å²) in [5, 5.41) is 0. The van der Waals surface area contributed by atoms with Crippen LogP contribution in [-0.4, -0.2) is 42.6 Å². The molecule has 0 saturated carbocycles. The largest absolute Gasteiger partial charge is 0.462 e. The lowest BCUT2D eigenvalue weighted by atomic mass is 10.1. The van der Waals surface area contributed by atoms with Gasteiger partial charge in [0.15, 0.2) is 18.0 Å². The fourth-order valence-electron chi connectivity index (χ4n) is 1.85. The molecule has 0 aromatic heterocycles. The van der Waals surface area contributed by atoms with Crippen molar-refractivity contribution in [2.45, 2.75) is 44.9 Å². The Morgan fingerprint density at radius 1 is 1.44 bits per heavy atom. The Morgan fingerprint density at radius 2 is 2.12 bits per heavy atom. The molecule has 2 fully saturated rings. The minimum absolute atomic E-state index is 0.00167. The Balaban J connectivity index is 2.02. The molecule has 0 unspecified atom stereocenters. The normalized spacial score (nSPS) is 35.7. The van der Waals surface area contributed by atoms with Gasteiger partial charge in [0.25, 0.3) is 0 Å². The minimum Gasteiger partial charge on any atom is -0.462 e. The summed E-state index contributed by atoms with van der Waals surface area (Å²) in [7, 11) is 0. The number of fused-ring (bicyclic) bond motifs is 1. The quantitative estimate of drug-likeness (QED) is 0.621. The molecule has 0 aliphatic carbocycles. The summed E-state index contributed by atoms with van der Waals surface area (Å²) < 4.78 is 20.7. The fourth-order valence-corrected chi connectivity index (χ4v) is 1.85. The van der Waals surface area contributed by atoms with Gasteiger partial charge in [0, 0.05) is 6.92 Å². The summed E-state index contributed by atoms with van der Waals surface area (Å²) in [6.07, 6.45) is -1.79. The van der Waals surface area contributed by atoms with Crippen molar-refractivity contribution < 1.29 is 28.5 Å². The molecule has 0 bridgehead atoms. The van der Waals surface area contributed by atoms with Crippen molar-refractivity contribution in [2.24, 2.45) is 0 Å². The average molecular weight is 230 g/mol. The Bertz CT molecular complexity index is 323. The zero-order chi connectivity index (χ0) is 11.9. The number of esters is 2. The van der Waals surface area contributed by atoms with Crippen LogP contribution in [-0.2, 0) is 28.5 Å². The van der Waals surface area contributed by atoms with Gasteiger partial charge in [-0.3, -0.25) is 4.79 Å². The SMILES string of the molecule is CC(=O)OC[C@H]1OC(=O)[C@@H]2OC(C)(C)O[C@H]12. The number of hydrogen-bond acceptors (Lipinski definition) is 6. The van der Waals surface area contributed by atoms with Gasteiger partial charge in [-0.25, -0.2) is 4.79 Å². The van der Waals surface area contributed by atoms with E-state index in [2.05, 4.69) is 0 Å². The van der Waals surface area contributed by atoms with Crippen LogP contribution in [0.1, 0.15) is 20.8 Å².